The van der Waals surface area contributed by atoms with Crippen LogP contribution >= 0.6 is 11.6 Å². The number of aliphatic hydroxyl groups is 1. The van der Waals surface area contributed by atoms with E-state index in [1.54, 1.807) is 41.3 Å². The first kappa shape index (κ1) is 22.5. The topological polar surface area (TPSA) is 105 Å². The van der Waals surface area contributed by atoms with Gasteiger partial charge in [-0.25, -0.2) is 4.39 Å². The molecule has 2 heterocycles. The molecule has 5 rings (SSSR count). The summed E-state index contributed by atoms with van der Waals surface area (Å²) < 4.78 is 15.6. The lowest BCUT2D eigenvalue weighted by Gasteiger charge is -2.27. The van der Waals surface area contributed by atoms with E-state index < -0.39 is 24.2 Å². The molecule has 1 aromatic heterocycles. The fourth-order valence-corrected chi connectivity index (χ4v) is 4.97. The summed E-state index contributed by atoms with van der Waals surface area (Å²) >= 11 is 5.81. The number of hydrogen-bond donors (Lipinski definition) is 2. The van der Waals surface area contributed by atoms with Gasteiger partial charge in [0.25, 0.3) is 0 Å². The maximum Gasteiger partial charge on any atom is 0.245 e. The number of carbonyl (C=O) groups excluding carboxylic acids is 3. The Morgan fingerprint density at radius 2 is 1.94 bits per heavy atom. The summed E-state index contributed by atoms with van der Waals surface area (Å²) in [6.45, 7) is -0.856. The first-order valence-electron chi connectivity index (χ1n) is 11.0. The number of nitrogens with one attached hydrogen (secondary N) is 1. The number of piperidine rings is 1. The van der Waals surface area contributed by atoms with Crippen LogP contribution in [0.4, 0.5) is 4.39 Å². The van der Waals surface area contributed by atoms with Gasteiger partial charge in [-0.1, -0.05) is 41.9 Å². The summed E-state index contributed by atoms with van der Waals surface area (Å²) in [5, 5.41) is 16.8. The molecule has 8 nitrogen and oxygen atoms in total. The fraction of sp³-hybridized carbons (Fsp3) is 0.333. The minimum atomic E-state index is -0.680. The Balaban J connectivity index is 1.33. The fourth-order valence-electron chi connectivity index (χ4n) is 4.77. The Morgan fingerprint density at radius 3 is 2.74 bits per heavy atom. The van der Waals surface area contributed by atoms with Crippen molar-refractivity contribution in [3.05, 3.63) is 64.6 Å². The number of Topliss-reactive ketones (excluding diaryl/α,β-unsaturated/α-hetero) is 1. The summed E-state index contributed by atoms with van der Waals surface area (Å²) in [6, 6.07) is 10.9. The van der Waals surface area contributed by atoms with Crippen LogP contribution in [0.3, 0.4) is 0 Å². The normalized spacial score (nSPS) is 20.9. The van der Waals surface area contributed by atoms with Crippen molar-refractivity contribution >= 4 is 40.1 Å². The molecule has 2 amide bonds. The van der Waals surface area contributed by atoms with Crippen molar-refractivity contribution in [1.29, 1.82) is 0 Å². The van der Waals surface area contributed by atoms with E-state index >= 15 is 0 Å². The van der Waals surface area contributed by atoms with E-state index in [0.717, 1.165) is 6.42 Å². The van der Waals surface area contributed by atoms with Gasteiger partial charge in [-0.05, 0) is 30.9 Å². The number of benzene rings is 2. The van der Waals surface area contributed by atoms with Gasteiger partial charge in [-0.3, -0.25) is 19.1 Å². The van der Waals surface area contributed by atoms with Crippen molar-refractivity contribution in [3.63, 3.8) is 0 Å². The van der Waals surface area contributed by atoms with Crippen LogP contribution in [0.2, 0.25) is 5.02 Å². The third-order valence-electron chi connectivity index (χ3n) is 6.53. The van der Waals surface area contributed by atoms with Crippen LogP contribution in [-0.2, 0) is 22.7 Å². The third kappa shape index (κ3) is 3.95. The molecule has 2 aromatic carbocycles. The van der Waals surface area contributed by atoms with Crippen molar-refractivity contribution in [3.8, 4) is 0 Å². The molecule has 1 saturated heterocycles. The maximum atomic E-state index is 14.2. The van der Waals surface area contributed by atoms with E-state index in [2.05, 4.69) is 10.4 Å². The molecule has 3 aromatic rings. The zero-order valence-electron chi connectivity index (χ0n) is 18.1. The van der Waals surface area contributed by atoms with Gasteiger partial charge in [0.15, 0.2) is 0 Å². The number of fused-ring (bicyclic) bond motifs is 2. The zero-order chi connectivity index (χ0) is 24.0. The second-order valence-electron chi connectivity index (χ2n) is 8.65. The van der Waals surface area contributed by atoms with Crippen LogP contribution in [0.15, 0.2) is 42.5 Å². The number of rotatable bonds is 7. The van der Waals surface area contributed by atoms with Crippen LogP contribution in [0.25, 0.3) is 10.9 Å². The minimum Gasteiger partial charge on any atom is -0.388 e. The summed E-state index contributed by atoms with van der Waals surface area (Å²) in [7, 11) is 0. The molecule has 2 fully saturated rings. The number of aliphatic hydroxyl groups excluding tert-OH is 1. The Kier molecular flexibility index (Phi) is 5.83. The number of ketones is 1. The van der Waals surface area contributed by atoms with Crippen LogP contribution in [0.1, 0.15) is 28.9 Å². The van der Waals surface area contributed by atoms with Gasteiger partial charge in [-0.15, -0.1) is 0 Å². The lowest BCUT2D eigenvalue weighted by atomic mass is 10.1. The van der Waals surface area contributed by atoms with E-state index in [-0.39, 0.29) is 53.1 Å². The van der Waals surface area contributed by atoms with Crippen LogP contribution < -0.4 is 5.32 Å². The molecule has 2 aliphatic rings. The highest BCUT2D eigenvalue weighted by Crippen LogP contribution is 2.48. The summed E-state index contributed by atoms with van der Waals surface area (Å²) in [5.41, 5.74) is 0.970. The predicted molar refractivity (Wildman–Crippen MR) is 122 cm³/mol. The molecule has 0 bridgehead atoms. The van der Waals surface area contributed by atoms with Crippen molar-refractivity contribution in [2.45, 2.75) is 38.0 Å². The highest BCUT2D eigenvalue weighted by molar-refractivity contribution is 6.30. The average molecular weight is 485 g/mol. The van der Waals surface area contributed by atoms with Crippen molar-refractivity contribution in [2.24, 2.45) is 5.92 Å². The van der Waals surface area contributed by atoms with Gasteiger partial charge >= 0.3 is 0 Å². The SMILES string of the molecule is O=C(CO)c1nn(CC(=O)N2[C@@H]3C[C@@H]3C[C@H]2C(=O)NCc2cccc(Cl)c2F)c2ccccc12. The molecular formula is C24H22ClFN4O4. The van der Waals surface area contributed by atoms with Crippen LogP contribution in [0.5, 0.6) is 0 Å². The number of likely N-dealkylation sites (tertiary alicyclic amines) is 1. The second-order valence-corrected chi connectivity index (χ2v) is 9.06. The van der Waals surface area contributed by atoms with Crippen LogP contribution in [-0.4, -0.2) is 56.1 Å². The summed E-state index contributed by atoms with van der Waals surface area (Å²) in [4.78, 5) is 39.9. The Bertz CT molecular complexity index is 1310. The lowest BCUT2D eigenvalue weighted by Crippen LogP contribution is -2.48. The number of aromatic nitrogens is 2. The smallest absolute Gasteiger partial charge is 0.245 e. The summed E-state index contributed by atoms with van der Waals surface area (Å²) in [6.07, 6.45) is 1.39. The van der Waals surface area contributed by atoms with E-state index in [4.69, 9.17) is 11.6 Å². The number of nitrogens with zero attached hydrogens (tertiary/aromatic N) is 3. The predicted octanol–water partition coefficient (Wildman–Crippen LogP) is 2.31. The molecular weight excluding hydrogens is 463 g/mol. The van der Waals surface area contributed by atoms with Gasteiger partial charge in [0, 0.05) is 23.5 Å². The molecule has 10 heteroatoms. The molecule has 0 radical (unpaired) electrons. The van der Waals surface area contributed by atoms with E-state index in [1.165, 1.54) is 10.7 Å². The number of hydrogen-bond acceptors (Lipinski definition) is 5. The molecule has 176 valence electrons. The van der Waals surface area contributed by atoms with Crippen LogP contribution in [0, 0.1) is 11.7 Å². The van der Waals surface area contributed by atoms with Crippen molar-refractivity contribution in [1.82, 2.24) is 20.0 Å². The van der Waals surface area contributed by atoms with Gasteiger partial charge in [0.1, 0.15) is 30.7 Å². The van der Waals surface area contributed by atoms with Gasteiger partial charge < -0.3 is 15.3 Å². The number of amides is 2. The highest BCUT2D eigenvalue weighted by atomic mass is 35.5. The van der Waals surface area contributed by atoms with Crippen molar-refractivity contribution in [2.75, 3.05) is 6.61 Å². The molecule has 0 spiro atoms. The maximum absolute atomic E-state index is 14.2. The first-order chi connectivity index (χ1) is 16.4. The Labute approximate surface area is 199 Å². The molecule has 2 N–H and O–H groups in total. The molecule has 1 saturated carbocycles. The Morgan fingerprint density at radius 1 is 1.15 bits per heavy atom. The molecule has 1 aliphatic heterocycles. The Hall–Kier alpha value is -3.30. The molecule has 1 aliphatic carbocycles. The highest BCUT2D eigenvalue weighted by Gasteiger charge is 2.55. The van der Waals surface area contributed by atoms with E-state index in [0.29, 0.717) is 17.3 Å². The monoisotopic (exact) mass is 484 g/mol. The second kappa shape index (κ2) is 8.81. The van der Waals surface area contributed by atoms with E-state index in [1.807, 2.05) is 0 Å². The first-order valence-corrected chi connectivity index (χ1v) is 11.4. The minimum absolute atomic E-state index is 0.00785. The number of para-hydroxylation sites is 1. The summed E-state index contributed by atoms with van der Waals surface area (Å²) in [5.74, 6) is -1.47. The third-order valence-corrected chi connectivity index (χ3v) is 6.82. The van der Waals surface area contributed by atoms with Crippen molar-refractivity contribution < 1.29 is 23.9 Å². The largest absolute Gasteiger partial charge is 0.388 e. The van der Waals surface area contributed by atoms with Gasteiger partial charge in [0.2, 0.25) is 17.6 Å². The quantitative estimate of drug-likeness (QED) is 0.501. The molecule has 0 unspecified atom stereocenters. The average Bonchev–Trinajstić information content (AvgIpc) is 3.35. The van der Waals surface area contributed by atoms with Gasteiger partial charge in [-0.2, -0.15) is 5.10 Å². The molecule has 3 atom stereocenters. The van der Waals surface area contributed by atoms with Gasteiger partial charge in [0.05, 0.1) is 10.5 Å². The lowest BCUT2D eigenvalue weighted by molar-refractivity contribution is -0.140. The standard InChI is InChI=1S/C24H22ClFN4O4/c25-16-6-3-4-13(22(16)26)10-27-24(34)19-9-14-8-18(14)30(19)21(33)11-29-17-7-2-1-5-15(17)23(28-29)20(32)12-31/h1-7,14,18-19,31H,8-12H2,(H,27,34)/t14-,18-,19+/m1/s1. The number of halogens is 2. The molecule has 34 heavy (non-hydrogen) atoms. The number of carbonyl (C=O) groups is 3. The van der Waals surface area contributed by atoms with E-state index in [9.17, 15) is 23.9 Å². The zero-order valence-corrected chi connectivity index (χ0v) is 18.8.